The van der Waals surface area contributed by atoms with E-state index >= 15 is 0 Å². The normalized spacial score (nSPS) is 50.6. The molecule has 0 aromatic carbocycles. The third-order valence-corrected chi connectivity index (χ3v) is 18.4. The minimum absolute atomic E-state index is 0.736. The van der Waals surface area contributed by atoms with Crippen LogP contribution < -0.4 is 0 Å². The van der Waals surface area contributed by atoms with Gasteiger partial charge in [0.2, 0.25) is 0 Å². The Hall–Kier alpha value is -1.64. The highest BCUT2D eigenvalue weighted by molar-refractivity contribution is 5.03. The number of aliphatic hydroxyl groups is 19. The Morgan fingerprint density at radius 2 is 0.354 bits per heavy atom. The lowest BCUT2D eigenvalue weighted by molar-refractivity contribution is -0.401. The van der Waals surface area contributed by atoms with E-state index in [1.807, 2.05) is 0 Å². The van der Waals surface area contributed by atoms with Gasteiger partial charge in [-0.3, -0.25) is 0 Å². The Morgan fingerprint density at radius 1 is 0.188 bits per heavy atom. The smallest absolute Gasteiger partial charge is 0.187 e. The zero-order chi connectivity index (χ0) is 70.3. The molecular weight excluding hydrogens is 1320 g/mol. The first-order valence-electron chi connectivity index (χ1n) is 30.9. The summed E-state index contributed by atoms with van der Waals surface area (Å²) in [6, 6.07) is 0. The van der Waals surface area contributed by atoms with Crippen LogP contribution in [0.4, 0.5) is 0 Å². The van der Waals surface area contributed by atoms with Gasteiger partial charge >= 0.3 is 0 Å². The molecule has 8 saturated heterocycles. The van der Waals surface area contributed by atoms with Gasteiger partial charge in [0, 0.05) is 49.8 Å². The monoisotopic (exact) mass is 1410 g/mol. The summed E-state index contributed by atoms with van der Waals surface area (Å²) in [4.78, 5) is 0. The molecule has 0 spiro atoms. The molecule has 0 amide bonds. The summed E-state index contributed by atoms with van der Waals surface area (Å²) in [6.07, 6.45) is -65.2. The molecule has 0 aromatic rings. The molecule has 8 aliphatic heterocycles. The maximum atomic E-state index is 11.9. The predicted octanol–water partition coefficient (Wildman–Crippen LogP) is -13.9. The lowest BCUT2D eigenvalue weighted by Crippen LogP contribution is -2.69. The first-order chi connectivity index (χ1) is 46.0. The molecule has 0 unspecified atom stereocenters. The number of aliphatic hydroxyl groups excluding tert-OH is 19. The Labute approximate surface area is 548 Å². The molecule has 0 saturated carbocycles. The van der Waals surface area contributed by atoms with Crippen LogP contribution in [-0.4, -0.2) is 445 Å². The van der Waals surface area contributed by atoms with Gasteiger partial charge in [-0.15, -0.1) is 0 Å². The molecule has 8 heterocycles. The van der Waals surface area contributed by atoms with Crippen molar-refractivity contribution in [3.8, 4) is 0 Å². The molecule has 19 N–H and O–H groups in total. The van der Waals surface area contributed by atoms with Gasteiger partial charge < -0.3 is 201 Å². The van der Waals surface area contributed by atoms with E-state index in [1.165, 1.54) is 14.2 Å². The van der Waals surface area contributed by atoms with Gasteiger partial charge in [-0.25, -0.2) is 0 Å². The maximum Gasteiger partial charge on any atom is 0.187 e. The van der Waals surface area contributed by atoms with E-state index in [1.54, 1.807) is 0 Å². The lowest BCUT2D eigenvalue weighted by Gasteiger charge is -2.51. The Bertz CT molecular complexity index is 2260. The summed E-state index contributed by atoms with van der Waals surface area (Å²) in [5.41, 5.74) is 0. The van der Waals surface area contributed by atoms with Gasteiger partial charge in [0.05, 0.1) is 52.9 Å². The lowest BCUT2D eigenvalue weighted by atomic mass is 9.94. The van der Waals surface area contributed by atoms with Gasteiger partial charge in [-0.2, -0.15) is 0 Å². The van der Waals surface area contributed by atoms with Gasteiger partial charge in [-0.05, 0) is 0 Å². The predicted molar refractivity (Wildman–Crippen MR) is 298 cm³/mol. The molecule has 41 heteroatoms. The molecule has 0 aromatic heterocycles. The summed E-state index contributed by atoms with van der Waals surface area (Å²) in [5, 5.41) is 206. The SMILES string of the molecule is CO[C@@H]1[C@H](O)[C@@H](O[C@H]2[C@H](OC)[C@H](O)[C@@H](O[C@H]3[C@H](OC)[C@H](O)[C@@H](O[C@H]4[C@H](OC)[C@H](O)[C@@H](O[C@H]5[C@H](OC)[C@H](O)[C@@H](O[C@H]6[C@H](OC)[C@H](O)[C@@H](O[C@H]7[C@H](OC)[C@H](O)[C@@H](O)O[C@@H]7CO)O[C@@H]6CO)O[C@@H]5CO)O[C@@H]4CO)O[C@@H]3CO)O[C@@H]2CO)O[C@H](CO)[C@H]1O[C@H]1O[C@H](CO)[C@@H](O)[C@H](O)[C@@H]1O. The summed E-state index contributed by atoms with van der Waals surface area (Å²) >= 11 is 0. The highest BCUT2D eigenvalue weighted by Crippen LogP contribution is 2.40. The Balaban J connectivity index is 0.901. The number of hydrogen-bond acceptors (Lipinski definition) is 41. The minimum Gasteiger partial charge on any atom is -0.394 e. The molecule has 8 fully saturated rings. The molecule has 96 heavy (non-hydrogen) atoms. The van der Waals surface area contributed by atoms with Crippen LogP contribution in [0.2, 0.25) is 0 Å². The van der Waals surface area contributed by atoms with Crippen LogP contribution in [0.5, 0.6) is 0 Å². The first-order valence-corrected chi connectivity index (χ1v) is 30.9. The van der Waals surface area contributed by atoms with Gasteiger partial charge in [0.25, 0.3) is 0 Å². The number of ether oxygens (including phenoxy) is 22. The third-order valence-electron chi connectivity index (χ3n) is 18.4. The zero-order valence-corrected chi connectivity index (χ0v) is 53.2. The van der Waals surface area contributed by atoms with E-state index < -0.39 is 299 Å². The van der Waals surface area contributed by atoms with Crippen LogP contribution in [0.3, 0.4) is 0 Å². The minimum atomic E-state index is -1.90. The highest BCUT2D eigenvalue weighted by Gasteiger charge is 2.60. The van der Waals surface area contributed by atoms with Gasteiger partial charge in [-0.1, -0.05) is 0 Å². The van der Waals surface area contributed by atoms with Crippen LogP contribution in [0.25, 0.3) is 0 Å². The molecule has 0 radical (unpaired) electrons. The highest BCUT2D eigenvalue weighted by atomic mass is 16.8. The fourth-order valence-corrected chi connectivity index (χ4v) is 13.3. The Kier molecular flexibility index (Phi) is 30.2. The maximum absolute atomic E-state index is 11.9. The molecule has 41 nitrogen and oxygen atoms in total. The first kappa shape index (κ1) is 80.1. The van der Waals surface area contributed by atoms with E-state index in [4.69, 9.17) is 104 Å². The van der Waals surface area contributed by atoms with Crippen molar-refractivity contribution in [2.45, 2.75) is 246 Å². The molecule has 40 atom stereocenters. The molecule has 8 aliphatic rings. The quantitative estimate of drug-likeness (QED) is 0.0331. The van der Waals surface area contributed by atoms with E-state index in [9.17, 15) is 97.0 Å². The van der Waals surface area contributed by atoms with Crippen molar-refractivity contribution in [1.29, 1.82) is 0 Å². The van der Waals surface area contributed by atoms with E-state index in [0.717, 1.165) is 35.5 Å². The summed E-state index contributed by atoms with van der Waals surface area (Å²) in [5.74, 6) is 0. The average Bonchev–Trinajstić information content (AvgIpc) is 0.787. The largest absolute Gasteiger partial charge is 0.394 e. The standard InChI is InChI=1S/C55H96O41/c1-75-41-27(67)48(74)82-17(9-57)34(41)91-50-29(69)43(77-3)36(19(11-59)85-50)93-52-31(71)45(79-5)38(21(13-61)87-52)95-54-33(73)47(81-7)40(23(15-63)89-54)96-55-32(72)46(80-6)39(22(14-62)88-55)94-53-30(70)44(78-4)37(20(12-60)86-53)92-51-28(68)42(76-2)35(18(10-58)84-51)90-49-26(66)25(65)24(64)16(8-56)83-49/h16-74H,8-15H2,1-7H3/t16-,17-,18-,19-,20-,21-,22-,23-,24-,25+,26+,27+,28+,29+,30+,31+,32+,33+,34-,35-,36-,37-,38-,39-,40-,41-,42-,43-,44-,45-,46-,47-,48+,49-,50-,51-,52-,53-,54-,55-/m1/s1. The van der Waals surface area contributed by atoms with Crippen molar-refractivity contribution in [2.75, 3.05) is 103 Å². The van der Waals surface area contributed by atoms with Crippen molar-refractivity contribution in [3.63, 3.8) is 0 Å². The Morgan fingerprint density at radius 3 is 0.542 bits per heavy atom. The van der Waals surface area contributed by atoms with Crippen molar-refractivity contribution < 1.29 is 201 Å². The summed E-state index contributed by atoms with van der Waals surface area (Å²) in [7, 11) is 8.08. The average molecular weight is 1410 g/mol. The van der Waals surface area contributed by atoms with Crippen LogP contribution in [0, 0.1) is 0 Å². The molecule has 0 bridgehead atoms. The molecular formula is C55H96O41. The topological polar surface area (TPSA) is 587 Å². The van der Waals surface area contributed by atoms with Crippen LogP contribution in [0.15, 0.2) is 0 Å². The van der Waals surface area contributed by atoms with Crippen LogP contribution >= 0.6 is 0 Å². The second-order valence-electron chi connectivity index (χ2n) is 23.8. The molecule has 8 rings (SSSR count). The van der Waals surface area contributed by atoms with Crippen molar-refractivity contribution in [1.82, 2.24) is 0 Å². The van der Waals surface area contributed by atoms with Crippen molar-refractivity contribution >= 4 is 0 Å². The second kappa shape index (κ2) is 36.2. The summed E-state index contributed by atoms with van der Waals surface area (Å²) < 4.78 is 128. The van der Waals surface area contributed by atoms with E-state index in [0.29, 0.717) is 0 Å². The zero-order valence-electron chi connectivity index (χ0n) is 53.2. The van der Waals surface area contributed by atoms with Gasteiger partial charge in [0.1, 0.15) is 195 Å². The summed E-state index contributed by atoms with van der Waals surface area (Å²) in [6.45, 7) is -6.80. The van der Waals surface area contributed by atoms with Crippen molar-refractivity contribution in [2.24, 2.45) is 0 Å². The third kappa shape index (κ3) is 16.5. The van der Waals surface area contributed by atoms with Crippen molar-refractivity contribution in [3.05, 3.63) is 0 Å². The number of hydrogen-bond donors (Lipinski definition) is 19. The fourth-order valence-electron chi connectivity index (χ4n) is 13.3. The molecule has 0 aliphatic carbocycles. The van der Waals surface area contributed by atoms with E-state index in [-0.39, 0.29) is 0 Å². The van der Waals surface area contributed by atoms with E-state index in [2.05, 4.69) is 0 Å². The fraction of sp³-hybridized carbons (Fsp3) is 1.00. The number of methoxy groups -OCH3 is 7. The number of rotatable bonds is 29. The van der Waals surface area contributed by atoms with Crippen LogP contribution in [-0.2, 0) is 104 Å². The second-order valence-corrected chi connectivity index (χ2v) is 23.8. The molecule has 562 valence electrons. The van der Waals surface area contributed by atoms with Crippen LogP contribution in [0.1, 0.15) is 0 Å². The van der Waals surface area contributed by atoms with Gasteiger partial charge in [0.15, 0.2) is 50.3 Å².